The van der Waals surface area contributed by atoms with Crippen molar-refractivity contribution in [2.45, 2.75) is 6.92 Å². The summed E-state index contributed by atoms with van der Waals surface area (Å²) in [6, 6.07) is 0. The second-order valence-electron chi connectivity index (χ2n) is 2.23. The summed E-state index contributed by atoms with van der Waals surface area (Å²) >= 11 is 0. The van der Waals surface area contributed by atoms with Crippen LogP contribution in [0.4, 0.5) is 0 Å². The topological polar surface area (TPSA) is 105 Å². The number of hydrogen-bond acceptors (Lipinski definition) is 4. The summed E-state index contributed by atoms with van der Waals surface area (Å²) in [5.41, 5.74) is 4.89. The SMILES string of the molecule is C/C(C(=O)O)=C1\N=C(N)NC1=O. The van der Waals surface area contributed by atoms with Crippen LogP contribution in [0.25, 0.3) is 0 Å². The quantitative estimate of drug-likeness (QED) is 0.428. The summed E-state index contributed by atoms with van der Waals surface area (Å²) in [5, 5.41) is 10.7. The molecule has 1 rings (SSSR count). The minimum atomic E-state index is -1.18. The van der Waals surface area contributed by atoms with Crippen molar-refractivity contribution in [1.82, 2.24) is 5.32 Å². The van der Waals surface area contributed by atoms with Crippen LogP contribution in [-0.4, -0.2) is 22.9 Å². The van der Waals surface area contributed by atoms with E-state index in [4.69, 9.17) is 10.8 Å². The summed E-state index contributed by atoms with van der Waals surface area (Å²) in [4.78, 5) is 24.8. The first kappa shape index (κ1) is 8.25. The van der Waals surface area contributed by atoms with Gasteiger partial charge in [-0.2, -0.15) is 0 Å². The zero-order valence-corrected chi connectivity index (χ0v) is 6.29. The van der Waals surface area contributed by atoms with Crippen molar-refractivity contribution in [3.63, 3.8) is 0 Å². The molecule has 1 aliphatic rings. The minimum Gasteiger partial charge on any atom is -0.478 e. The smallest absolute Gasteiger partial charge is 0.333 e. The molecule has 0 unspecified atom stereocenters. The number of carbonyl (C=O) groups excluding carboxylic acids is 1. The van der Waals surface area contributed by atoms with E-state index in [1.165, 1.54) is 6.92 Å². The second kappa shape index (κ2) is 2.65. The van der Waals surface area contributed by atoms with Crippen LogP contribution in [0.3, 0.4) is 0 Å². The molecule has 0 spiro atoms. The molecule has 0 aliphatic carbocycles. The number of aliphatic carboxylic acids is 1. The Morgan fingerprint density at radius 3 is 2.58 bits per heavy atom. The van der Waals surface area contributed by atoms with Crippen LogP contribution in [0.1, 0.15) is 6.92 Å². The average molecular weight is 169 g/mol. The predicted octanol–water partition coefficient (Wildman–Crippen LogP) is -1.21. The van der Waals surface area contributed by atoms with E-state index in [-0.39, 0.29) is 17.2 Å². The first-order valence-electron chi connectivity index (χ1n) is 3.12. The lowest BCUT2D eigenvalue weighted by Crippen LogP contribution is -2.30. The molecule has 6 nitrogen and oxygen atoms in total. The maximum absolute atomic E-state index is 10.9. The normalized spacial score (nSPS) is 20.1. The van der Waals surface area contributed by atoms with E-state index < -0.39 is 11.9 Å². The van der Waals surface area contributed by atoms with E-state index in [0.29, 0.717) is 0 Å². The molecule has 0 aromatic carbocycles. The summed E-state index contributed by atoms with van der Waals surface area (Å²) in [7, 11) is 0. The lowest BCUT2D eigenvalue weighted by Gasteiger charge is -1.93. The summed E-state index contributed by atoms with van der Waals surface area (Å²) in [6.45, 7) is 1.29. The second-order valence-corrected chi connectivity index (χ2v) is 2.23. The fourth-order valence-electron chi connectivity index (χ4n) is 0.730. The highest BCUT2D eigenvalue weighted by atomic mass is 16.4. The van der Waals surface area contributed by atoms with Gasteiger partial charge in [-0.25, -0.2) is 9.79 Å². The molecule has 12 heavy (non-hydrogen) atoms. The monoisotopic (exact) mass is 169 g/mol. The van der Waals surface area contributed by atoms with Crippen molar-refractivity contribution >= 4 is 17.8 Å². The van der Waals surface area contributed by atoms with Gasteiger partial charge in [-0.3, -0.25) is 10.1 Å². The average Bonchev–Trinajstić information content (AvgIpc) is 2.28. The number of carboxylic acid groups (broad SMARTS) is 1. The molecule has 0 fully saturated rings. The molecule has 0 saturated carbocycles. The zero-order chi connectivity index (χ0) is 9.30. The fraction of sp³-hybridized carbons (Fsp3) is 0.167. The molecule has 64 valence electrons. The van der Waals surface area contributed by atoms with Gasteiger partial charge in [0.15, 0.2) is 0 Å². The van der Waals surface area contributed by atoms with Gasteiger partial charge in [0.2, 0.25) is 5.96 Å². The summed E-state index contributed by atoms with van der Waals surface area (Å²) in [6.07, 6.45) is 0. The van der Waals surface area contributed by atoms with E-state index in [2.05, 4.69) is 10.3 Å². The van der Waals surface area contributed by atoms with Crippen LogP contribution in [0.5, 0.6) is 0 Å². The molecule has 0 saturated heterocycles. The van der Waals surface area contributed by atoms with Crippen molar-refractivity contribution in [3.8, 4) is 0 Å². The van der Waals surface area contributed by atoms with Crippen LogP contribution >= 0.6 is 0 Å². The van der Waals surface area contributed by atoms with E-state index in [1.807, 2.05) is 0 Å². The molecule has 1 aliphatic heterocycles. The van der Waals surface area contributed by atoms with E-state index >= 15 is 0 Å². The van der Waals surface area contributed by atoms with Gasteiger partial charge in [-0.1, -0.05) is 0 Å². The third-order valence-corrected chi connectivity index (χ3v) is 1.36. The van der Waals surface area contributed by atoms with E-state index in [1.54, 1.807) is 0 Å². The van der Waals surface area contributed by atoms with Gasteiger partial charge in [0.05, 0.1) is 5.57 Å². The first-order chi connectivity index (χ1) is 5.52. The standard InChI is InChI=1S/C6H7N3O3/c1-2(5(11)12)3-4(10)9-6(7)8-3/h1H3,(H,11,12)(H3,7,8,9,10)/b3-2+. The Bertz CT molecular complexity index is 316. The Morgan fingerprint density at radius 1 is 1.67 bits per heavy atom. The Kier molecular flexibility index (Phi) is 1.82. The Hall–Kier alpha value is -1.85. The number of hydrogen-bond donors (Lipinski definition) is 3. The molecule has 4 N–H and O–H groups in total. The van der Waals surface area contributed by atoms with Crippen molar-refractivity contribution in [3.05, 3.63) is 11.3 Å². The van der Waals surface area contributed by atoms with Gasteiger partial charge in [-0.15, -0.1) is 0 Å². The van der Waals surface area contributed by atoms with E-state index in [0.717, 1.165) is 0 Å². The van der Waals surface area contributed by atoms with Gasteiger partial charge < -0.3 is 10.8 Å². The predicted molar refractivity (Wildman–Crippen MR) is 40.1 cm³/mol. The largest absolute Gasteiger partial charge is 0.478 e. The fourth-order valence-corrected chi connectivity index (χ4v) is 0.730. The number of guanidine groups is 1. The van der Waals surface area contributed by atoms with Gasteiger partial charge >= 0.3 is 5.97 Å². The third kappa shape index (κ3) is 1.26. The number of rotatable bonds is 1. The summed E-state index contributed by atoms with van der Waals surface area (Å²) in [5.74, 6) is -1.83. The molecule has 0 bridgehead atoms. The van der Waals surface area contributed by atoms with Crippen molar-refractivity contribution in [2.24, 2.45) is 10.7 Å². The Balaban J connectivity index is 3.11. The highest BCUT2D eigenvalue weighted by molar-refractivity contribution is 6.14. The number of aliphatic imine (C=N–C) groups is 1. The van der Waals surface area contributed by atoms with Crippen LogP contribution in [0.2, 0.25) is 0 Å². The zero-order valence-electron chi connectivity index (χ0n) is 6.29. The molecule has 1 amide bonds. The number of carbonyl (C=O) groups is 2. The number of nitrogens with zero attached hydrogens (tertiary/aromatic N) is 1. The Labute approximate surface area is 67.8 Å². The van der Waals surface area contributed by atoms with Crippen LogP contribution in [0.15, 0.2) is 16.3 Å². The molecule has 0 atom stereocenters. The highest BCUT2D eigenvalue weighted by Crippen LogP contribution is 2.09. The lowest BCUT2D eigenvalue weighted by atomic mass is 10.2. The first-order valence-corrected chi connectivity index (χ1v) is 3.12. The van der Waals surface area contributed by atoms with E-state index in [9.17, 15) is 9.59 Å². The molecular formula is C6H7N3O3. The summed E-state index contributed by atoms with van der Waals surface area (Å²) < 4.78 is 0. The third-order valence-electron chi connectivity index (χ3n) is 1.36. The molecule has 0 aromatic heterocycles. The van der Waals surface area contributed by atoms with Gasteiger partial charge in [-0.05, 0) is 6.92 Å². The number of nitrogens with one attached hydrogen (secondary N) is 1. The molecule has 6 heteroatoms. The number of amides is 1. The van der Waals surface area contributed by atoms with Crippen molar-refractivity contribution in [1.29, 1.82) is 0 Å². The minimum absolute atomic E-state index is 0.0735. The van der Waals surface area contributed by atoms with Crippen LogP contribution in [0, 0.1) is 0 Å². The molecular weight excluding hydrogens is 162 g/mol. The molecule has 1 heterocycles. The van der Waals surface area contributed by atoms with Gasteiger partial charge in [0, 0.05) is 0 Å². The number of carboxylic acids is 1. The van der Waals surface area contributed by atoms with Gasteiger partial charge in [0.25, 0.3) is 5.91 Å². The molecule has 0 aromatic rings. The van der Waals surface area contributed by atoms with Crippen molar-refractivity contribution < 1.29 is 14.7 Å². The van der Waals surface area contributed by atoms with Crippen molar-refractivity contribution in [2.75, 3.05) is 0 Å². The Morgan fingerprint density at radius 2 is 2.25 bits per heavy atom. The lowest BCUT2D eigenvalue weighted by molar-refractivity contribution is -0.133. The van der Waals surface area contributed by atoms with Crippen LogP contribution < -0.4 is 11.1 Å². The number of nitrogens with two attached hydrogens (primary N) is 1. The van der Waals surface area contributed by atoms with Gasteiger partial charge in [0.1, 0.15) is 5.70 Å². The highest BCUT2D eigenvalue weighted by Gasteiger charge is 2.22. The maximum atomic E-state index is 10.9. The molecule has 0 radical (unpaired) electrons. The van der Waals surface area contributed by atoms with Crippen LogP contribution in [-0.2, 0) is 9.59 Å². The maximum Gasteiger partial charge on any atom is 0.333 e.